The van der Waals surface area contributed by atoms with E-state index in [4.69, 9.17) is 4.74 Å². The summed E-state index contributed by atoms with van der Waals surface area (Å²) >= 11 is 0. The summed E-state index contributed by atoms with van der Waals surface area (Å²) in [6, 6.07) is 11.6. The second-order valence-electron chi connectivity index (χ2n) is 9.46. The number of aryl methyl sites for hydroxylation is 1. The van der Waals surface area contributed by atoms with Crippen LogP contribution in [-0.2, 0) is 14.8 Å². The maximum absolute atomic E-state index is 13.7. The first-order chi connectivity index (χ1) is 18.6. The van der Waals surface area contributed by atoms with E-state index in [1.807, 2.05) is 0 Å². The number of cyclic esters (lactones) is 1. The average molecular weight is 557 g/mol. The number of piperidine rings is 1. The zero-order chi connectivity index (χ0) is 27.7. The van der Waals surface area contributed by atoms with Gasteiger partial charge in [-0.15, -0.1) is 0 Å². The van der Waals surface area contributed by atoms with Crippen molar-refractivity contribution in [2.75, 3.05) is 31.6 Å². The van der Waals surface area contributed by atoms with E-state index in [1.54, 1.807) is 24.0 Å². The smallest absolute Gasteiger partial charge is 0.424 e. The van der Waals surface area contributed by atoms with Crippen molar-refractivity contribution >= 4 is 33.4 Å². The predicted octanol–water partition coefficient (Wildman–Crippen LogP) is 4.57. The molecule has 2 fully saturated rings. The van der Waals surface area contributed by atoms with E-state index in [9.17, 15) is 26.8 Å². The molecule has 9 nitrogen and oxygen atoms in total. The first kappa shape index (κ1) is 26.5. The summed E-state index contributed by atoms with van der Waals surface area (Å²) in [6.45, 7) is 2.34. The number of likely N-dealkylation sites (tertiary alicyclic amines) is 1. The van der Waals surface area contributed by atoms with Crippen LogP contribution in [0.25, 0.3) is 0 Å². The Morgan fingerprint density at radius 2 is 1.69 bits per heavy atom. The highest BCUT2D eigenvalue weighted by Gasteiger charge is 2.37. The number of carbonyl (C=O) groups excluding carboxylic acids is 2. The number of ether oxygens (including phenoxy) is 1. The van der Waals surface area contributed by atoms with E-state index in [0.717, 1.165) is 5.56 Å². The molecule has 3 aromatic rings. The Balaban J connectivity index is 1.44. The van der Waals surface area contributed by atoms with Crippen LogP contribution in [-0.4, -0.2) is 60.8 Å². The molecule has 0 unspecified atom stereocenters. The van der Waals surface area contributed by atoms with Gasteiger partial charge >= 0.3 is 6.09 Å². The lowest BCUT2D eigenvalue weighted by Crippen LogP contribution is -2.38. The predicted molar refractivity (Wildman–Crippen MR) is 138 cm³/mol. The summed E-state index contributed by atoms with van der Waals surface area (Å²) in [7, 11) is -4.33. The minimum absolute atomic E-state index is 0.0671. The molecule has 0 saturated carbocycles. The molecule has 1 aromatic heterocycles. The first-order valence-corrected chi connectivity index (χ1v) is 13.8. The third kappa shape index (κ3) is 5.42. The summed E-state index contributed by atoms with van der Waals surface area (Å²) in [6.07, 6.45) is 1.52. The lowest BCUT2D eigenvalue weighted by Gasteiger charge is -2.32. The minimum atomic E-state index is -4.33. The molecule has 39 heavy (non-hydrogen) atoms. The third-order valence-electron chi connectivity index (χ3n) is 6.97. The molecule has 0 spiro atoms. The zero-order valence-electron chi connectivity index (χ0n) is 21.1. The van der Waals surface area contributed by atoms with Gasteiger partial charge in [-0.3, -0.25) is 4.79 Å². The van der Waals surface area contributed by atoms with Crippen molar-refractivity contribution in [3.63, 3.8) is 0 Å². The maximum Gasteiger partial charge on any atom is 0.424 e. The molecule has 2 aliphatic rings. The molecule has 2 amide bonds. The highest BCUT2D eigenvalue weighted by Crippen LogP contribution is 2.32. The quantitative estimate of drug-likeness (QED) is 0.474. The minimum Gasteiger partial charge on any atom is -0.447 e. The van der Waals surface area contributed by atoms with Crippen LogP contribution in [0, 0.1) is 18.6 Å². The van der Waals surface area contributed by atoms with E-state index >= 15 is 0 Å². The van der Waals surface area contributed by atoms with Gasteiger partial charge in [-0.1, -0.05) is 12.1 Å². The van der Waals surface area contributed by atoms with Gasteiger partial charge in [0.05, 0.1) is 17.8 Å². The number of amides is 2. The Morgan fingerprint density at radius 1 is 1.00 bits per heavy atom. The monoisotopic (exact) mass is 556 g/mol. The van der Waals surface area contributed by atoms with Crippen LogP contribution in [0.1, 0.15) is 40.2 Å². The summed E-state index contributed by atoms with van der Waals surface area (Å²) < 4.78 is 58.6. The van der Waals surface area contributed by atoms with Gasteiger partial charge in [0.25, 0.3) is 15.9 Å². The van der Waals surface area contributed by atoms with E-state index in [-0.39, 0.29) is 42.0 Å². The number of anilines is 2. The van der Waals surface area contributed by atoms with Crippen LogP contribution < -0.4 is 5.32 Å². The number of pyridine rings is 1. The number of nitrogens with zero attached hydrogens (tertiary/aromatic N) is 3. The van der Waals surface area contributed by atoms with Crippen molar-refractivity contribution in [1.82, 2.24) is 14.2 Å². The third-order valence-corrected chi connectivity index (χ3v) is 8.63. The van der Waals surface area contributed by atoms with Gasteiger partial charge < -0.3 is 15.0 Å². The number of benzene rings is 2. The lowest BCUT2D eigenvalue weighted by atomic mass is 9.89. The molecule has 0 radical (unpaired) electrons. The summed E-state index contributed by atoms with van der Waals surface area (Å²) in [5.41, 5.74) is 2.29. The molecule has 0 aliphatic carbocycles. The van der Waals surface area contributed by atoms with E-state index in [1.165, 1.54) is 42.6 Å². The van der Waals surface area contributed by atoms with Gasteiger partial charge in [0.1, 0.15) is 18.2 Å². The normalized spacial score (nSPS) is 16.3. The van der Waals surface area contributed by atoms with Crippen LogP contribution in [0.4, 0.5) is 25.0 Å². The van der Waals surface area contributed by atoms with Crippen molar-refractivity contribution in [3.8, 4) is 0 Å². The van der Waals surface area contributed by atoms with Crippen molar-refractivity contribution in [3.05, 3.63) is 83.1 Å². The number of hydrogen-bond donors (Lipinski definition) is 1. The second kappa shape index (κ2) is 10.6. The largest absolute Gasteiger partial charge is 0.447 e. The zero-order valence-corrected chi connectivity index (χ0v) is 21.9. The Bertz CT molecular complexity index is 1520. The Kier molecular flexibility index (Phi) is 7.21. The molecule has 5 rings (SSSR count). The second-order valence-corrected chi connectivity index (χ2v) is 11.3. The fraction of sp³-hybridized carbons (Fsp3) is 0.296. The van der Waals surface area contributed by atoms with Crippen molar-refractivity contribution in [2.45, 2.75) is 30.7 Å². The molecule has 3 heterocycles. The molecule has 0 bridgehead atoms. The number of carbonyl (C=O) groups is 2. The Hall–Kier alpha value is -4.06. The van der Waals surface area contributed by atoms with Crippen LogP contribution in [0.5, 0.6) is 0 Å². The molecular weight excluding hydrogens is 530 g/mol. The Labute approximate surface area is 224 Å². The fourth-order valence-electron chi connectivity index (χ4n) is 4.80. The number of aromatic nitrogens is 1. The number of sulfonamides is 1. The average Bonchev–Trinajstić information content (AvgIpc) is 3.37. The number of nitrogens with one attached hydrogen (secondary N) is 1. The van der Waals surface area contributed by atoms with Crippen molar-refractivity contribution in [1.29, 1.82) is 0 Å². The number of halogens is 2. The molecule has 2 aromatic carbocycles. The first-order valence-electron chi connectivity index (χ1n) is 12.4. The SMILES string of the molecule is Cc1cc(F)ccc1Nc1cc(S(=O)(=O)N2CCOC2=O)ncc1C(=O)N1CCC(c2ccc(F)cc2)CC1. The van der Waals surface area contributed by atoms with Crippen molar-refractivity contribution < 1.29 is 31.5 Å². The maximum atomic E-state index is 13.7. The van der Waals surface area contributed by atoms with Crippen LogP contribution in [0.3, 0.4) is 0 Å². The molecule has 2 saturated heterocycles. The molecule has 1 N–H and O–H groups in total. The summed E-state index contributed by atoms with van der Waals surface area (Å²) in [5, 5.41) is 2.62. The highest BCUT2D eigenvalue weighted by atomic mass is 32.2. The highest BCUT2D eigenvalue weighted by molar-refractivity contribution is 7.89. The molecule has 0 atom stereocenters. The topological polar surface area (TPSA) is 109 Å². The van der Waals surface area contributed by atoms with E-state index in [0.29, 0.717) is 41.5 Å². The van der Waals surface area contributed by atoms with Gasteiger partial charge in [-0.05, 0) is 67.1 Å². The molecular formula is C27H26F2N4O5S. The van der Waals surface area contributed by atoms with Crippen LogP contribution in [0.2, 0.25) is 0 Å². The molecule has 204 valence electrons. The van der Waals surface area contributed by atoms with Gasteiger partial charge in [-0.2, -0.15) is 12.7 Å². The van der Waals surface area contributed by atoms with Gasteiger partial charge in [0.15, 0.2) is 5.03 Å². The van der Waals surface area contributed by atoms with Gasteiger partial charge in [0, 0.05) is 31.0 Å². The van der Waals surface area contributed by atoms with Gasteiger partial charge in [0.2, 0.25) is 0 Å². The Morgan fingerprint density at radius 3 is 2.33 bits per heavy atom. The van der Waals surface area contributed by atoms with Crippen LogP contribution in [0.15, 0.2) is 59.8 Å². The van der Waals surface area contributed by atoms with Gasteiger partial charge in [-0.25, -0.2) is 18.6 Å². The van der Waals surface area contributed by atoms with E-state index < -0.39 is 27.0 Å². The lowest BCUT2D eigenvalue weighted by molar-refractivity contribution is 0.0713. The summed E-state index contributed by atoms with van der Waals surface area (Å²) in [4.78, 5) is 31.2. The van der Waals surface area contributed by atoms with Crippen molar-refractivity contribution in [2.24, 2.45) is 0 Å². The van der Waals surface area contributed by atoms with Crippen LogP contribution >= 0.6 is 0 Å². The molecule has 12 heteroatoms. The fourth-order valence-corrected chi connectivity index (χ4v) is 6.04. The standard InChI is InChI=1S/C27H26F2N4O5S/c1-17-14-21(29)6-7-23(17)31-24-15-25(39(36,37)33-12-13-38-27(33)35)30-16-22(24)26(34)32-10-8-19(9-11-32)18-2-4-20(28)5-3-18/h2-7,14-16,19H,8-13H2,1H3,(H,30,31). The van der Waals surface area contributed by atoms with E-state index in [2.05, 4.69) is 10.3 Å². The molecule has 2 aliphatic heterocycles. The summed E-state index contributed by atoms with van der Waals surface area (Å²) in [5.74, 6) is -0.918. The number of rotatable bonds is 6. The number of hydrogen-bond acceptors (Lipinski definition) is 7.